The van der Waals surface area contributed by atoms with Crippen molar-refractivity contribution >= 4 is 5.91 Å². The molecular weight excluding hydrogens is 361 g/mol. The van der Waals surface area contributed by atoms with E-state index in [1.54, 1.807) is 24.1 Å². The molecule has 1 saturated heterocycles. The summed E-state index contributed by atoms with van der Waals surface area (Å²) in [4.78, 5) is 17.9. The summed E-state index contributed by atoms with van der Waals surface area (Å²) in [7, 11) is 1.56. The minimum absolute atomic E-state index is 0.0636. The molecule has 0 radical (unpaired) electrons. The number of aromatic nitrogens is 1. The summed E-state index contributed by atoms with van der Waals surface area (Å²) in [5.41, 5.74) is 0.0275. The Morgan fingerprint density at radius 1 is 1.30 bits per heavy atom. The van der Waals surface area contributed by atoms with E-state index in [0.29, 0.717) is 25.3 Å². The number of carbonyl (C=O) groups is 1. The van der Waals surface area contributed by atoms with E-state index in [2.05, 4.69) is 4.98 Å². The van der Waals surface area contributed by atoms with Crippen LogP contribution in [0.5, 0.6) is 11.6 Å². The van der Waals surface area contributed by atoms with Crippen LogP contribution < -0.4 is 9.47 Å². The highest BCUT2D eigenvalue weighted by Crippen LogP contribution is 2.31. The Bertz CT molecular complexity index is 811. The molecule has 0 N–H and O–H groups in total. The van der Waals surface area contributed by atoms with E-state index >= 15 is 0 Å². The number of likely N-dealkylation sites (tertiary alicyclic amines) is 1. The van der Waals surface area contributed by atoms with Crippen molar-refractivity contribution in [2.75, 3.05) is 20.2 Å². The van der Waals surface area contributed by atoms with Gasteiger partial charge in [0.1, 0.15) is 11.9 Å². The minimum atomic E-state index is -4.45. The lowest BCUT2D eigenvalue weighted by Crippen LogP contribution is -2.32. The van der Waals surface area contributed by atoms with Gasteiger partial charge in [-0.3, -0.25) is 4.79 Å². The Labute approximate surface area is 154 Å². The molecule has 3 rings (SSSR count). The highest BCUT2D eigenvalue weighted by molar-refractivity contribution is 5.79. The van der Waals surface area contributed by atoms with Crippen molar-refractivity contribution in [1.29, 1.82) is 0 Å². The van der Waals surface area contributed by atoms with Gasteiger partial charge < -0.3 is 14.4 Å². The Kier molecular flexibility index (Phi) is 5.53. The molecule has 2 aromatic rings. The summed E-state index contributed by atoms with van der Waals surface area (Å²) < 4.78 is 49.0. The van der Waals surface area contributed by atoms with Gasteiger partial charge in [0.25, 0.3) is 0 Å². The van der Waals surface area contributed by atoms with E-state index in [9.17, 15) is 18.0 Å². The van der Waals surface area contributed by atoms with Gasteiger partial charge >= 0.3 is 6.18 Å². The van der Waals surface area contributed by atoms with Crippen LogP contribution in [0.15, 0.2) is 42.6 Å². The zero-order valence-electron chi connectivity index (χ0n) is 14.7. The van der Waals surface area contributed by atoms with Crippen LogP contribution in [0.3, 0.4) is 0 Å². The fraction of sp³-hybridized carbons (Fsp3) is 0.368. The molecule has 0 bridgehead atoms. The Morgan fingerprint density at radius 3 is 2.85 bits per heavy atom. The van der Waals surface area contributed by atoms with Crippen LogP contribution in [-0.4, -0.2) is 42.1 Å². The SMILES string of the molecule is COc1cccc(CC(=O)N2CC[C@@H](Oc3cc(C(F)(F)F)ccn3)C2)c1. The number of hydrogen-bond acceptors (Lipinski definition) is 4. The van der Waals surface area contributed by atoms with Crippen LogP contribution >= 0.6 is 0 Å². The number of pyridine rings is 1. The monoisotopic (exact) mass is 380 g/mol. The zero-order chi connectivity index (χ0) is 19.4. The molecule has 0 saturated carbocycles. The van der Waals surface area contributed by atoms with E-state index in [0.717, 1.165) is 23.9 Å². The van der Waals surface area contributed by atoms with Crippen molar-refractivity contribution in [3.63, 3.8) is 0 Å². The number of ether oxygens (including phenoxy) is 2. The van der Waals surface area contributed by atoms with Gasteiger partial charge in [0, 0.05) is 25.2 Å². The molecule has 27 heavy (non-hydrogen) atoms. The molecule has 1 aliphatic heterocycles. The van der Waals surface area contributed by atoms with E-state index in [-0.39, 0.29) is 24.3 Å². The molecule has 5 nitrogen and oxygen atoms in total. The third-order valence-electron chi connectivity index (χ3n) is 4.34. The number of benzene rings is 1. The molecular formula is C19H19F3N2O3. The molecule has 0 spiro atoms. The van der Waals surface area contributed by atoms with Crippen molar-refractivity contribution in [2.24, 2.45) is 0 Å². The average Bonchev–Trinajstić information content (AvgIpc) is 3.10. The number of hydrogen-bond donors (Lipinski definition) is 0. The number of methoxy groups -OCH3 is 1. The number of halogens is 3. The van der Waals surface area contributed by atoms with E-state index in [1.165, 1.54) is 0 Å². The molecule has 1 amide bonds. The van der Waals surface area contributed by atoms with Crippen LogP contribution in [0.25, 0.3) is 0 Å². The third-order valence-corrected chi connectivity index (χ3v) is 4.34. The predicted octanol–water partition coefficient (Wildman–Crippen LogP) is 3.33. The number of nitrogens with zero attached hydrogens (tertiary/aromatic N) is 2. The van der Waals surface area contributed by atoms with Crippen LogP contribution in [0.1, 0.15) is 17.5 Å². The molecule has 1 fully saturated rings. The fourth-order valence-electron chi connectivity index (χ4n) is 2.94. The van der Waals surface area contributed by atoms with Crippen molar-refractivity contribution in [3.05, 3.63) is 53.7 Å². The zero-order valence-corrected chi connectivity index (χ0v) is 14.7. The maximum Gasteiger partial charge on any atom is 0.416 e. The van der Waals surface area contributed by atoms with Gasteiger partial charge in [0.2, 0.25) is 11.8 Å². The summed E-state index contributed by atoms with van der Waals surface area (Å²) >= 11 is 0. The number of alkyl halides is 3. The third kappa shape index (κ3) is 4.90. The molecule has 8 heteroatoms. The van der Waals surface area contributed by atoms with Crippen molar-refractivity contribution < 1.29 is 27.4 Å². The van der Waals surface area contributed by atoms with Crippen molar-refractivity contribution in [3.8, 4) is 11.6 Å². The molecule has 1 aliphatic rings. The number of rotatable bonds is 5. The predicted molar refractivity (Wildman–Crippen MR) is 91.6 cm³/mol. The van der Waals surface area contributed by atoms with Gasteiger partial charge in [-0.05, 0) is 23.8 Å². The Hall–Kier alpha value is -2.77. The second kappa shape index (κ2) is 7.85. The molecule has 0 aliphatic carbocycles. The lowest BCUT2D eigenvalue weighted by molar-refractivity contribution is -0.137. The summed E-state index contributed by atoms with van der Waals surface area (Å²) in [6.07, 6.45) is -2.99. The molecule has 1 atom stereocenters. The number of amides is 1. The second-order valence-corrected chi connectivity index (χ2v) is 6.28. The fourth-order valence-corrected chi connectivity index (χ4v) is 2.94. The standard InChI is InChI=1S/C19H19F3N2O3/c1-26-15-4-2-3-13(9-15)10-18(25)24-8-6-16(12-24)27-17-11-14(5-7-23-17)19(20,21)22/h2-5,7,9,11,16H,6,8,10,12H2,1H3/t16-/m1/s1. The van der Waals surface area contributed by atoms with Crippen molar-refractivity contribution in [2.45, 2.75) is 25.1 Å². The van der Waals surface area contributed by atoms with Gasteiger partial charge in [-0.15, -0.1) is 0 Å². The summed E-state index contributed by atoms with van der Waals surface area (Å²) in [5, 5.41) is 0. The first kappa shape index (κ1) is 19.0. The lowest BCUT2D eigenvalue weighted by atomic mass is 10.1. The van der Waals surface area contributed by atoms with Crippen LogP contribution in [0.4, 0.5) is 13.2 Å². The summed E-state index contributed by atoms with van der Waals surface area (Å²) in [6.45, 7) is 0.813. The summed E-state index contributed by atoms with van der Waals surface area (Å²) in [6, 6.07) is 9.03. The lowest BCUT2D eigenvalue weighted by Gasteiger charge is -2.17. The highest BCUT2D eigenvalue weighted by atomic mass is 19.4. The van der Waals surface area contributed by atoms with Crippen LogP contribution in [-0.2, 0) is 17.4 Å². The first-order valence-corrected chi connectivity index (χ1v) is 8.46. The molecule has 2 heterocycles. The summed E-state index contributed by atoms with van der Waals surface area (Å²) in [5.74, 6) is 0.529. The first-order valence-electron chi connectivity index (χ1n) is 8.46. The van der Waals surface area contributed by atoms with Gasteiger partial charge in [0.15, 0.2) is 0 Å². The topological polar surface area (TPSA) is 51.7 Å². The van der Waals surface area contributed by atoms with Gasteiger partial charge in [-0.25, -0.2) is 4.98 Å². The number of carbonyl (C=O) groups excluding carboxylic acids is 1. The van der Waals surface area contributed by atoms with Crippen molar-refractivity contribution in [1.82, 2.24) is 9.88 Å². The second-order valence-electron chi connectivity index (χ2n) is 6.28. The quantitative estimate of drug-likeness (QED) is 0.799. The van der Waals surface area contributed by atoms with Gasteiger partial charge in [-0.2, -0.15) is 13.2 Å². The maximum absolute atomic E-state index is 12.8. The van der Waals surface area contributed by atoms with Gasteiger partial charge in [0.05, 0.1) is 25.6 Å². The Morgan fingerprint density at radius 2 is 2.11 bits per heavy atom. The molecule has 144 valence electrons. The van der Waals surface area contributed by atoms with E-state index in [4.69, 9.17) is 9.47 Å². The van der Waals surface area contributed by atoms with E-state index < -0.39 is 11.7 Å². The molecule has 1 aromatic carbocycles. The molecule has 1 aromatic heterocycles. The first-order chi connectivity index (χ1) is 12.8. The average molecular weight is 380 g/mol. The minimum Gasteiger partial charge on any atom is -0.497 e. The Balaban J connectivity index is 1.57. The normalized spacial score (nSPS) is 17.0. The highest BCUT2D eigenvalue weighted by Gasteiger charge is 2.32. The maximum atomic E-state index is 12.8. The smallest absolute Gasteiger partial charge is 0.416 e. The van der Waals surface area contributed by atoms with Crippen LogP contribution in [0, 0.1) is 0 Å². The molecule has 0 unspecified atom stereocenters. The van der Waals surface area contributed by atoms with Gasteiger partial charge in [-0.1, -0.05) is 12.1 Å². The van der Waals surface area contributed by atoms with Crippen LogP contribution in [0.2, 0.25) is 0 Å². The largest absolute Gasteiger partial charge is 0.497 e. The van der Waals surface area contributed by atoms with E-state index in [1.807, 2.05) is 12.1 Å².